The summed E-state index contributed by atoms with van der Waals surface area (Å²) in [5, 5.41) is 10.2. The minimum Gasteiger partial charge on any atom is -0.480 e. The Morgan fingerprint density at radius 2 is 1.70 bits per heavy atom. The maximum Gasteiger partial charge on any atom is 0.321 e. The van der Waals surface area contributed by atoms with E-state index in [9.17, 15) is 23.1 Å². The van der Waals surface area contributed by atoms with E-state index >= 15 is 0 Å². The average Bonchev–Trinajstić information content (AvgIpc) is 3.35. The molecular formula is C33H43F3N2O2. The molecule has 7 heteroatoms. The molecule has 2 heterocycles. The number of aliphatic carboxylic acids is 1. The van der Waals surface area contributed by atoms with Crippen LogP contribution in [0, 0.1) is 35.2 Å². The van der Waals surface area contributed by atoms with Crippen LogP contribution in [0.25, 0.3) is 0 Å². The van der Waals surface area contributed by atoms with Crippen molar-refractivity contribution in [2.75, 3.05) is 32.7 Å². The highest BCUT2D eigenvalue weighted by atomic mass is 19.2. The summed E-state index contributed by atoms with van der Waals surface area (Å²) in [5.74, 6) is -1.32. The Labute approximate surface area is 236 Å². The van der Waals surface area contributed by atoms with Gasteiger partial charge in [-0.1, -0.05) is 43.9 Å². The molecule has 0 amide bonds. The van der Waals surface area contributed by atoms with Gasteiger partial charge in [-0.05, 0) is 105 Å². The zero-order valence-electron chi connectivity index (χ0n) is 23.4. The second-order valence-corrected chi connectivity index (χ2v) is 12.4. The predicted octanol–water partition coefficient (Wildman–Crippen LogP) is 6.89. The number of hydrogen-bond acceptors (Lipinski definition) is 3. The molecular weight excluding hydrogens is 513 g/mol. The number of likely N-dealkylation sites (tertiary alicyclic amines) is 2. The van der Waals surface area contributed by atoms with Gasteiger partial charge in [-0.15, -0.1) is 0 Å². The van der Waals surface area contributed by atoms with Crippen LogP contribution in [0.15, 0.2) is 42.5 Å². The maximum atomic E-state index is 14.2. The van der Waals surface area contributed by atoms with Crippen LogP contribution in [0.4, 0.5) is 13.2 Å². The summed E-state index contributed by atoms with van der Waals surface area (Å²) in [7, 11) is 0. The van der Waals surface area contributed by atoms with E-state index in [1.54, 1.807) is 18.2 Å². The van der Waals surface area contributed by atoms with E-state index in [-0.39, 0.29) is 23.6 Å². The third-order valence-electron chi connectivity index (χ3n) is 9.75. The number of rotatable bonds is 10. The van der Waals surface area contributed by atoms with E-state index < -0.39 is 23.6 Å². The van der Waals surface area contributed by atoms with Crippen molar-refractivity contribution < 1.29 is 23.1 Å². The molecule has 3 fully saturated rings. The van der Waals surface area contributed by atoms with Gasteiger partial charge in [0.1, 0.15) is 11.9 Å². The quantitative estimate of drug-likeness (QED) is 0.346. The average molecular weight is 557 g/mol. The normalized spacial score (nSPS) is 24.4. The molecule has 0 bridgehead atoms. The van der Waals surface area contributed by atoms with Gasteiger partial charge in [-0.25, -0.2) is 13.2 Å². The minimum atomic E-state index is -0.798. The Morgan fingerprint density at radius 3 is 2.40 bits per heavy atom. The summed E-state index contributed by atoms with van der Waals surface area (Å²) >= 11 is 0. The van der Waals surface area contributed by atoms with Crippen molar-refractivity contribution in [3.05, 3.63) is 71.0 Å². The predicted molar refractivity (Wildman–Crippen MR) is 151 cm³/mol. The van der Waals surface area contributed by atoms with Crippen molar-refractivity contribution in [1.29, 1.82) is 0 Å². The van der Waals surface area contributed by atoms with Crippen molar-refractivity contribution in [2.24, 2.45) is 17.8 Å². The van der Waals surface area contributed by atoms with E-state index in [2.05, 4.69) is 9.80 Å². The first kappa shape index (κ1) is 29.1. The van der Waals surface area contributed by atoms with Crippen molar-refractivity contribution in [1.82, 2.24) is 9.80 Å². The second kappa shape index (κ2) is 13.5. The fourth-order valence-electron chi connectivity index (χ4n) is 7.62. The minimum absolute atomic E-state index is 0.120. The first-order valence-electron chi connectivity index (χ1n) is 15.3. The lowest BCUT2D eigenvalue weighted by Crippen LogP contribution is -2.46. The summed E-state index contributed by atoms with van der Waals surface area (Å²) in [6, 6.07) is 10.6. The summed E-state index contributed by atoms with van der Waals surface area (Å²) in [4.78, 5) is 17.2. The van der Waals surface area contributed by atoms with Gasteiger partial charge in [0, 0.05) is 25.6 Å². The molecule has 0 aromatic heterocycles. The van der Waals surface area contributed by atoms with Gasteiger partial charge in [-0.2, -0.15) is 0 Å². The third kappa shape index (κ3) is 7.27. The summed E-state index contributed by atoms with van der Waals surface area (Å²) in [5.41, 5.74) is 1.82. The molecule has 2 aliphatic heterocycles. The Morgan fingerprint density at radius 1 is 0.925 bits per heavy atom. The van der Waals surface area contributed by atoms with Crippen LogP contribution in [-0.2, 0) is 11.2 Å². The standard InChI is InChI=1S/C33H43F3N2O2/c34-28-11-5-10-26(19-28)29-22-38(32(33(39)40)25-8-2-1-3-9-25)21-27(29)20-37-16-14-23(15-17-37)6-4-7-24-12-13-30(35)31(36)18-24/h5,10-13,18-19,23,25,27,29,32H,1-4,6-9,14-17,20-22H2,(H,39,40). The Balaban J connectivity index is 1.18. The molecule has 2 aromatic rings. The van der Waals surface area contributed by atoms with Gasteiger partial charge in [0.25, 0.3) is 0 Å². The van der Waals surface area contributed by atoms with Crippen LogP contribution in [0.5, 0.6) is 0 Å². The van der Waals surface area contributed by atoms with E-state index in [4.69, 9.17) is 0 Å². The molecule has 4 nitrogen and oxygen atoms in total. The number of halogens is 3. The van der Waals surface area contributed by atoms with Crippen LogP contribution < -0.4 is 0 Å². The highest BCUT2D eigenvalue weighted by Crippen LogP contribution is 2.39. The zero-order chi connectivity index (χ0) is 28.1. The highest BCUT2D eigenvalue weighted by Gasteiger charge is 2.43. The van der Waals surface area contributed by atoms with Crippen molar-refractivity contribution in [3.63, 3.8) is 0 Å². The molecule has 3 atom stereocenters. The maximum absolute atomic E-state index is 14.2. The van der Waals surface area contributed by atoms with Crippen LogP contribution >= 0.6 is 0 Å². The van der Waals surface area contributed by atoms with Crippen LogP contribution in [0.2, 0.25) is 0 Å². The Kier molecular flexibility index (Phi) is 9.84. The van der Waals surface area contributed by atoms with Gasteiger partial charge in [0.15, 0.2) is 11.6 Å². The fraction of sp³-hybridized carbons (Fsp3) is 0.606. The fourth-order valence-corrected chi connectivity index (χ4v) is 7.62. The lowest BCUT2D eigenvalue weighted by atomic mass is 9.83. The third-order valence-corrected chi connectivity index (χ3v) is 9.75. The molecule has 3 aliphatic rings. The first-order chi connectivity index (χ1) is 19.4. The number of piperidine rings is 1. The molecule has 40 heavy (non-hydrogen) atoms. The summed E-state index contributed by atoms with van der Waals surface area (Å²) in [6.45, 7) is 4.32. The topological polar surface area (TPSA) is 43.8 Å². The molecule has 0 spiro atoms. The van der Waals surface area contributed by atoms with Crippen LogP contribution in [0.3, 0.4) is 0 Å². The SMILES string of the molecule is O=C(O)C(C1CCCCC1)N1CC(CN2CCC(CCCc3ccc(F)c(F)c3)CC2)C(c2cccc(F)c2)C1. The monoisotopic (exact) mass is 556 g/mol. The van der Waals surface area contributed by atoms with E-state index in [0.29, 0.717) is 12.5 Å². The molecule has 2 aromatic carbocycles. The summed E-state index contributed by atoms with van der Waals surface area (Å²) < 4.78 is 40.9. The van der Waals surface area contributed by atoms with E-state index in [0.717, 1.165) is 95.1 Å². The first-order valence-corrected chi connectivity index (χ1v) is 15.3. The number of carboxylic acid groups (broad SMARTS) is 1. The van der Waals surface area contributed by atoms with Gasteiger partial charge in [-0.3, -0.25) is 9.69 Å². The lowest BCUT2D eigenvalue weighted by Gasteiger charge is -2.35. The van der Waals surface area contributed by atoms with Gasteiger partial charge in [0.05, 0.1) is 0 Å². The second-order valence-electron chi connectivity index (χ2n) is 12.4. The van der Waals surface area contributed by atoms with Gasteiger partial charge >= 0.3 is 5.97 Å². The molecule has 0 radical (unpaired) electrons. The van der Waals surface area contributed by atoms with Crippen LogP contribution in [-0.4, -0.2) is 59.6 Å². The van der Waals surface area contributed by atoms with E-state index in [1.165, 1.54) is 24.6 Å². The number of aryl methyl sites for hydroxylation is 1. The summed E-state index contributed by atoms with van der Waals surface area (Å²) in [6.07, 6.45) is 10.4. The van der Waals surface area contributed by atoms with Gasteiger partial charge in [0.2, 0.25) is 0 Å². The van der Waals surface area contributed by atoms with Crippen LogP contribution in [0.1, 0.15) is 74.8 Å². The number of carboxylic acids is 1. The highest BCUT2D eigenvalue weighted by molar-refractivity contribution is 5.74. The smallest absolute Gasteiger partial charge is 0.321 e. The molecule has 3 unspecified atom stereocenters. The van der Waals surface area contributed by atoms with E-state index in [1.807, 2.05) is 6.07 Å². The van der Waals surface area contributed by atoms with Crippen molar-refractivity contribution in [2.45, 2.75) is 76.2 Å². The van der Waals surface area contributed by atoms with Crippen molar-refractivity contribution in [3.8, 4) is 0 Å². The van der Waals surface area contributed by atoms with Gasteiger partial charge < -0.3 is 10.0 Å². The Bertz CT molecular complexity index is 1130. The largest absolute Gasteiger partial charge is 0.480 e. The molecule has 218 valence electrons. The number of benzene rings is 2. The number of carbonyl (C=O) groups is 1. The Hall–Kier alpha value is -2.38. The molecule has 2 saturated heterocycles. The molecule has 1 saturated carbocycles. The lowest BCUT2D eigenvalue weighted by molar-refractivity contribution is -0.145. The van der Waals surface area contributed by atoms with Crippen molar-refractivity contribution >= 4 is 5.97 Å². The molecule has 1 N–H and O–H groups in total. The number of nitrogens with zero attached hydrogens (tertiary/aromatic N) is 2. The number of hydrogen-bond donors (Lipinski definition) is 1. The zero-order valence-corrected chi connectivity index (χ0v) is 23.4. The molecule has 1 aliphatic carbocycles. The molecule has 5 rings (SSSR count).